The zero-order valence-corrected chi connectivity index (χ0v) is 12.2. The monoisotopic (exact) mass is 309 g/mol. The van der Waals surface area contributed by atoms with Crippen LogP contribution in [0.15, 0.2) is 42.6 Å². The number of anilines is 1. The number of para-hydroxylation sites is 1. The highest BCUT2D eigenvalue weighted by atomic mass is 19.4. The summed E-state index contributed by atoms with van der Waals surface area (Å²) in [4.78, 5) is 12.0. The van der Waals surface area contributed by atoms with Crippen molar-refractivity contribution < 1.29 is 22.5 Å². The molecule has 1 aromatic carbocycles. The fourth-order valence-electron chi connectivity index (χ4n) is 2.11. The quantitative estimate of drug-likeness (QED) is 0.868. The Labute approximate surface area is 126 Å². The van der Waals surface area contributed by atoms with E-state index < -0.39 is 17.6 Å². The number of nitrogens with zero attached hydrogens (tertiary/aromatic N) is 1. The van der Waals surface area contributed by atoms with Crippen LogP contribution in [0.2, 0.25) is 0 Å². The summed E-state index contributed by atoms with van der Waals surface area (Å²) in [5.74, 6) is -0.504. The molecule has 1 heterocycles. The van der Waals surface area contributed by atoms with Crippen LogP contribution in [0.4, 0.5) is 18.9 Å². The minimum absolute atomic E-state index is 0.0420. The molecule has 1 aromatic heterocycles. The van der Waals surface area contributed by atoms with Crippen LogP contribution in [-0.4, -0.2) is 5.91 Å². The molecule has 0 bridgehead atoms. The van der Waals surface area contributed by atoms with Crippen LogP contribution < -0.4 is 9.88 Å². The van der Waals surface area contributed by atoms with E-state index >= 15 is 0 Å². The Morgan fingerprint density at radius 1 is 1.14 bits per heavy atom. The summed E-state index contributed by atoms with van der Waals surface area (Å²) in [6.45, 7) is 3.72. The Hall–Kier alpha value is -2.37. The number of aromatic nitrogens is 1. The van der Waals surface area contributed by atoms with Gasteiger partial charge in [-0.3, -0.25) is 4.79 Å². The molecule has 2 aromatic rings. The fourth-order valence-corrected chi connectivity index (χ4v) is 2.11. The largest absolute Gasteiger partial charge is 0.418 e. The van der Waals surface area contributed by atoms with E-state index in [0.29, 0.717) is 0 Å². The molecular weight excluding hydrogens is 293 g/mol. The molecule has 0 saturated carbocycles. The van der Waals surface area contributed by atoms with Gasteiger partial charge in [-0.15, -0.1) is 0 Å². The van der Waals surface area contributed by atoms with Crippen molar-refractivity contribution in [3.05, 3.63) is 59.4 Å². The van der Waals surface area contributed by atoms with Crippen LogP contribution in [0.25, 0.3) is 0 Å². The molecule has 0 saturated heterocycles. The maximum Gasteiger partial charge on any atom is 0.418 e. The number of aryl methyl sites for hydroxylation is 1. The number of benzene rings is 1. The van der Waals surface area contributed by atoms with Crippen molar-refractivity contribution in [2.45, 2.75) is 26.6 Å². The first-order valence-electron chi connectivity index (χ1n) is 6.71. The first-order chi connectivity index (χ1) is 10.3. The van der Waals surface area contributed by atoms with Gasteiger partial charge in [-0.05, 0) is 25.1 Å². The van der Waals surface area contributed by atoms with Gasteiger partial charge >= 0.3 is 6.18 Å². The molecule has 1 amide bonds. The summed E-state index contributed by atoms with van der Waals surface area (Å²) in [6, 6.07) is 8.63. The molecule has 0 fully saturated rings. The summed E-state index contributed by atoms with van der Waals surface area (Å²) in [7, 11) is 0. The summed E-state index contributed by atoms with van der Waals surface area (Å²) < 4.78 is 40.4. The molecule has 6 heteroatoms. The van der Waals surface area contributed by atoms with Crippen molar-refractivity contribution in [3.63, 3.8) is 0 Å². The van der Waals surface area contributed by atoms with Crippen LogP contribution in [0.1, 0.15) is 16.8 Å². The number of pyridine rings is 1. The van der Waals surface area contributed by atoms with Gasteiger partial charge in [-0.25, -0.2) is 0 Å². The molecule has 22 heavy (non-hydrogen) atoms. The molecule has 116 valence electrons. The average Bonchev–Trinajstić information content (AvgIpc) is 2.43. The summed E-state index contributed by atoms with van der Waals surface area (Å²) in [5.41, 5.74) is 0.813. The van der Waals surface area contributed by atoms with Crippen molar-refractivity contribution in [2.24, 2.45) is 0 Å². The molecule has 0 atom stereocenters. The van der Waals surface area contributed by atoms with Gasteiger partial charge < -0.3 is 5.32 Å². The van der Waals surface area contributed by atoms with E-state index in [2.05, 4.69) is 5.32 Å². The minimum atomic E-state index is -4.50. The van der Waals surface area contributed by atoms with E-state index in [-0.39, 0.29) is 12.2 Å². The molecule has 1 N–H and O–H groups in total. The Kier molecular flexibility index (Phi) is 4.49. The molecule has 0 radical (unpaired) electrons. The smallest absolute Gasteiger partial charge is 0.320 e. The van der Waals surface area contributed by atoms with Crippen molar-refractivity contribution in [2.75, 3.05) is 5.32 Å². The number of alkyl halides is 3. The van der Waals surface area contributed by atoms with E-state index in [4.69, 9.17) is 0 Å². The summed E-state index contributed by atoms with van der Waals surface area (Å²) >= 11 is 0. The normalized spacial score (nSPS) is 11.3. The van der Waals surface area contributed by atoms with Gasteiger partial charge in [-0.1, -0.05) is 12.1 Å². The Morgan fingerprint density at radius 2 is 1.82 bits per heavy atom. The number of hydrogen-bond donors (Lipinski definition) is 1. The van der Waals surface area contributed by atoms with Crippen LogP contribution in [0.5, 0.6) is 0 Å². The van der Waals surface area contributed by atoms with Crippen LogP contribution in [0.3, 0.4) is 0 Å². The molecule has 0 unspecified atom stereocenters. The van der Waals surface area contributed by atoms with Crippen molar-refractivity contribution in [1.29, 1.82) is 0 Å². The predicted octanol–water partition coefficient (Wildman–Crippen LogP) is 3.25. The first kappa shape index (κ1) is 16.0. The number of carbonyl (C=O) groups excluding carboxylic acids is 1. The summed E-state index contributed by atoms with van der Waals surface area (Å²) in [5, 5.41) is 2.33. The van der Waals surface area contributed by atoms with Gasteiger partial charge in [0, 0.05) is 18.6 Å². The van der Waals surface area contributed by atoms with Gasteiger partial charge in [0.15, 0.2) is 11.9 Å². The first-order valence-corrected chi connectivity index (χ1v) is 6.71. The number of rotatable bonds is 3. The van der Waals surface area contributed by atoms with E-state index in [0.717, 1.165) is 17.3 Å². The third-order valence-corrected chi connectivity index (χ3v) is 3.43. The van der Waals surface area contributed by atoms with Gasteiger partial charge in [-0.2, -0.15) is 17.7 Å². The number of carbonyl (C=O) groups is 1. The maximum absolute atomic E-state index is 12.9. The maximum atomic E-state index is 12.9. The average molecular weight is 309 g/mol. The number of amides is 1. The van der Waals surface area contributed by atoms with Crippen molar-refractivity contribution >= 4 is 11.6 Å². The highest BCUT2D eigenvalue weighted by Gasteiger charge is 2.33. The highest BCUT2D eigenvalue weighted by molar-refractivity contribution is 5.90. The van der Waals surface area contributed by atoms with Gasteiger partial charge in [0.05, 0.1) is 11.3 Å². The number of nitrogens with one attached hydrogen (secondary N) is 1. The van der Waals surface area contributed by atoms with Crippen LogP contribution in [0, 0.1) is 13.8 Å². The zero-order valence-electron chi connectivity index (χ0n) is 12.2. The second-order valence-corrected chi connectivity index (χ2v) is 5.00. The lowest BCUT2D eigenvalue weighted by Crippen LogP contribution is -2.43. The van der Waals surface area contributed by atoms with E-state index in [1.807, 2.05) is 19.9 Å². The Balaban J connectivity index is 2.18. The lowest BCUT2D eigenvalue weighted by Gasteiger charge is -2.13. The Bertz CT molecular complexity index is 696. The standard InChI is InChI=1S/C16H15F3N2O/c1-11-6-5-9-21(12(11)2)10-15(22)20-14-8-4-3-7-13(14)16(17,18)19/h3-9H,10H2,1-2H3/p+1. The molecular formula is C16H16F3N2O+. The lowest BCUT2D eigenvalue weighted by atomic mass is 10.1. The zero-order chi connectivity index (χ0) is 16.3. The minimum Gasteiger partial charge on any atom is -0.320 e. The second kappa shape index (κ2) is 6.17. The van der Waals surface area contributed by atoms with Gasteiger partial charge in [0.25, 0.3) is 5.91 Å². The molecule has 0 aliphatic carbocycles. The van der Waals surface area contributed by atoms with Gasteiger partial charge in [0.2, 0.25) is 6.54 Å². The highest BCUT2D eigenvalue weighted by Crippen LogP contribution is 2.34. The lowest BCUT2D eigenvalue weighted by molar-refractivity contribution is -0.690. The third kappa shape index (κ3) is 3.63. The predicted molar refractivity (Wildman–Crippen MR) is 76.2 cm³/mol. The van der Waals surface area contributed by atoms with E-state index in [1.54, 1.807) is 16.8 Å². The molecule has 0 spiro atoms. The SMILES string of the molecule is Cc1ccc[n+](CC(=O)Nc2ccccc2C(F)(F)F)c1C. The fraction of sp³-hybridized carbons (Fsp3) is 0.250. The topological polar surface area (TPSA) is 33.0 Å². The number of hydrogen-bond acceptors (Lipinski definition) is 1. The van der Waals surface area contributed by atoms with Gasteiger partial charge in [0.1, 0.15) is 0 Å². The van der Waals surface area contributed by atoms with Crippen LogP contribution in [-0.2, 0) is 17.5 Å². The van der Waals surface area contributed by atoms with Crippen LogP contribution >= 0.6 is 0 Å². The molecule has 3 nitrogen and oxygen atoms in total. The number of halogens is 3. The molecule has 2 rings (SSSR count). The molecule has 0 aliphatic heterocycles. The Morgan fingerprint density at radius 3 is 2.50 bits per heavy atom. The summed E-state index contributed by atoms with van der Waals surface area (Å²) in [6.07, 6.45) is -2.78. The van der Waals surface area contributed by atoms with E-state index in [9.17, 15) is 18.0 Å². The van der Waals surface area contributed by atoms with E-state index in [1.165, 1.54) is 18.2 Å². The third-order valence-electron chi connectivity index (χ3n) is 3.43. The molecule has 0 aliphatic rings. The van der Waals surface area contributed by atoms with Crippen molar-refractivity contribution in [3.8, 4) is 0 Å². The van der Waals surface area contributed by atoms with Crippen molar-refractivity contribution in [1.82, 2.24) is 0 Å². The second-order valence-electron chi connectivity index (χ2n) is 5.00.